The fraction of sp³-hybridized carbons (Fsp3) is 0.421. The largest absolute Gasteiger partial charge is 0.371 e. The number of allylic oxidation sites excluding steroid dienone is 2. The molecule has 1 aliphatic rings. The number of aliphatic imine (C=N–C) groups is 2. The van der Waals surface area contributed by atoms with Crippen molar-refractivity contribution in [2.24, 2.45) is 15.9 Å². The predicted molar refractivity (Wildman–Crippen MR) is 108 cm³/mol. The second-order valence-electron chi connectivity index (χ2n) is 6.19. The summed E-state index contributed by atoms with van der Waals surface area (Å²) in [6.07, 6.45) is 9.20. The monoisotopic (exact) mass is 377 g/mol. The first-order valence-electron chi connectivity index (χ1n) is 8.61. The van der Waals surface area contributed by atoms with Gasteiger partial charge in [-0.3, -0.25) is 4.99 Å². The second-order valence-corrected chi connectivity index (χ2v) is 6.60. The maximum Gasteiger partial charge on any atom is 0.147 e. The lowest BCUT2D eigenvalue weighted by molar-refractivity contribution is 0.265. The molecule has 26 heavy (non-hydrogen) atoms. The van der Waals surface area contributed by atoms with E-state index in [9.17, 15) is 4.39 Å². The molecule has 2 atom stereocenters. The zero-order valence-corrected chi connectivity index (χ0v) is 16.1. The molecule has 140 valence electrons. The second kappa shape index (κ2) is 10.1. The molecule has 1 aliphatic heterocycles. The van der Waals surface area contributed by atoms with Crippen LogP contribution in [0.15, 0.2) is 53.0 Å². The van der Waals surface area contributed by atoms with Crippen molar-refractivity contribution < 1.29 is 4.39 Å². The van der Waals surface area contributed by atoms with Crippen molar-refractivity contribution in [3.63, 3.8) is 0 Å². The Morgan fingerprint density at radius 2 is 2.27 bits per heavy atom. The summed E-state index contributed by atoms with van der Waals surface area (Å²) in [6.45, 7) is 6.54. The Morgan fingerprint density at radius 3 is 2.92 bits per heavy atom. The number of piperazine rings is 1. The number of nitrogens with zero attached hydrogens (tertiary/aromatic N) is 5. The topological polar surface area (TPSA) is 44.1 Å². The molecule has 1 aromatic rings. The molecule has 0 spiro atoms. The minimum atomic E-state index is -0.127. The van der Waals surface area contributed by atoms with Gasteiger partial charge in [0.15, 0.2) is 0 Å². The lowest BCUT2D eigenvalue weighted by atomic mass is 10.1. The van der Waals surface area contributed by atoms with Crippen molar-refractivity contribution in [3.05, 3.63) is 48.0 Å². The van der Waals surface area contributed by atoms with Gasteiger partial charge >= 0.3 is 0 Å². The molecular formula is C19H25ClFN5. The van der Waals surface area contributed by atoms with Crippen molar-refractivity contribution >= 4 is 29.5 Å². The van der Waals surface area contributed by atoms with Gasteiger partial charge in [0.05, 0.1) is 17.1 Å². The van der Waals surface area contributed by atoms with Gasteiger partial charge in [0.25, 0.3) is 0 Å². The first-order valence-corrected chi connectivity index (χ1v) is 8.99. The maximum absolute atomic E-state index is 12.5. The highest BCUT2D eigenvalue weighted by Gasteiger charge is 2.23. The van der Waals surface area contributed by atoms with Crippen LogP contribution in [0.4, 0.5) is 10.2 Å². The van der Waals surface area contributed by atoms with Gasteiger partial charge < -0.3 is 9.80 Å². The van der Waals surface area contributed by atoms with E-state index < -0.39 is 0 Å². The lowest BCUT2D eigenvalue weighted by Gasteiger charge is -2.40. The van der Waals surface area contributed by atoms with Crippen LogP contribution in [0.25, 0.3) is 0 Å². The van der Waals surface area contributed by atoms with E-state index in [1.54, 1.807) is 13.2 Å². The number of aromatic nitrogens is 1. The third-order valence-electron chi connectivity index (χ3n) is 4.30. The molecule has 0 radical (unpaired) electrons. The highest BCUT2D eigenvalue weighted by atomic mass is 35.5. The van der Waals surface area contributed by atoms with Gasteiger partial charge in [0.1, 0.15) is 12.2 Å². The van der Waals surface area contributed by atoms with Crippen LogP contribution in [0.5, 0.6) is 0 Å². The van der Waals surface area contributed by atoms with Gasteiger partial charge in [-0.1, -0.05) is 18.5 Å². The van der Waals surface area contributed by atoms with E-state index in [2.05, 4.69) is 31.7 Å². The smallest absolute Gasteiger partial charge is 0.147 e. The molecule has 2 heterocycles. The third kappa shape index (κ3) is 5.39. The summed E-state index contributed by atoms with van der Waals surface area (Å²) in [4.78, 5) is 17.0. The molecule has 0 aromatic carbocycles. The SMILES string of the molecule is CN=CN=C(/C=C/N1CCN(c2ncccc2Cl)CC1C)C(C)/C=C/F. The van der Waals surface area contributed by atoms with E-state index >= 15 is 0 Å². The molecular weight excluding hydrogens is 353 g/mol. The zero-order chi connectivity index (χ0) is 18.9. The van der Waals surface area contributed by atoms with Crippen molar-refractivity contribution in [2.75, 3.05) is 31.6 Å². The minimum Gasteiger partial charge on any atom is -0.371 e. The highest BCUT2D eigenvalue weighted by molar-refractivity contribution is 6.32. The van der Waals surface area contributed by atoms with Crippen molar-refractivity contribution in [3.8, 4) is 0 Å². The Labute approximate surface area is 159 Å². The Balaban J connectivity index is 2.06. The van der Waals surface area contributed by atoms with Gasteiger partial charge in [0.2, 0.25) is 0 Å². The summed E-state index contributed by atoms with van der Waals surface area (Å²) >= 11 is 6.26. The molecule has 2 rings (SSSR count). The Morgan fingerprint density at radius 1 is 1.46 bits per heavy atom. The summed E-state index contributed by atoms with van der Waals surface area (Å²) < 4.78 is 12.5. The molecule has 0 saturated carbocycles. The molecule has 1 saturated heterocycles. The molecule has 0 N–H and O–H groups in total. The lowest BCUT2D eigenvalue weighted by Crippen LogP contribution is -2.50. The standard InChI is InChI=1S/C19H25ClFN5/c1-15(6-8-21)18(24-14-22-3)7-10-25-11-12-26(13-16(25)2)19-17(20)5-4-9-23-19/h4-10,14-16H,11-13H2,1-3H3/b8-6+,10-7+,22-14?,24-18?. The average molecular weight is 378 g/mol. The van der Waals surface area contributed by atoms with Crippen molar-refractivity contribution in [1.82, 2.24) is 9.88 Å². The molecule has 0 amide bonds. The first kappa shape index (κ1) is 20.1. The average Bonchev–Trinajstić information content (AvgIpc) is 2.63. The first-order chi connectivity index (χ1) is 12.6. The Hall–Kier alpha value is -2.21. The molecule has 1 aromatic heterocycles. The molecule has 2 unspecified atom stereocenters. The van der Waals surface area contributed by atoms with Gasteiger partial charge in [0, 0.05) is 51.0 Å². The number of anilines is 1. The molecule has 1 fully saturated rings. The normalized spacial score (nSPS) is 20.7. The molecule has 5 nitrogen and oxygen atoms in total. The molecule has 7 heteroatoms. The third-order valence-corrected chi connectivity index (χ3v) is 4.60. The quantitative estimate of drug-likeness (QED) is 0.556. The van der Waals surface area contributed by atoms with Gasteiger partial charge in [-0.2, -0.15) is 0 Å². The van der Waals surface area contributed by atoms with Crippen LogP contribution in [-0.2, 0) is 0 Å². The van der Waals surface area contributed by atoms with Gasteiger partial charge in [-0.25, -0.2) is 14.4 Å². The van der Waals surface area contributed by atoms with Gasteiger partial charge in [-0.05, 0) is 31.2 Å². The summed E-state index contributed by atoms with van der Waals surface area (Å²) in [6, 6.07) is 3.98. The number of halogens is 2. The fourth-order valence-corrected chi connectivity index (χ4v) is 3.05. The number of rotatable bonds is 6. The highest BCUT2D eigenvalue weighted by Crippen LogP contribution is 2.25. The fourth-order valence-electron chi connectivity index (χ4n) is 2.81. The van der Waals surface area contributed by atoms with E-state index in [1.165, 1.54) is 12.4 Å². The van der Waals surface area contributed by atoms with Crippen LogP contribution >= 0.6 is 11.6 Å². The van der Waals surface area contributed by atoms with Gasteiger partial charge in [-0.15, -0.1) is 0 Å². The number of pyridine rings is 1. The molecule has 0 aliphatic carbocycles. The van der Waals surface area contributed by atoms with Crippen LogP contribution in [0.3, 0.4) is 0 Å². The van der Waals surface area contributed by atoms with Crippen molar-refractivity contribution in [2.45, 2.75) is 19.9 Å². The van der Waals surface area contributed by atoms with Crippen molar-refractivity contribution in [1.29, 1.82) is 0 Å². The summed E-state index contributed by atoms with van der Waals surface area (Å²) in [5, 5.41) is 0.670. The molecule has 0 bridgehead atoms. The van der Waals surface area contributed by atoms with Crippen LogP contribution < -0.4 is 4.90 Å². The number of hydrogen-bond donors (Lipinski definition) is 0. The summed E-state index contributed by atoms with van der Waals surface area (Å²) in [5.74, 6) is 0.700. The summed E-state index contributed by atoms with van der Waals surface area (Å²) in [7, 11) is 1.66. The van der Waals surface area contributed by atoms with E-state index in [1.807, 2.05) is 31.3 Å². The van der Waals surface area contributed by atoms with Crippen LogP contribution in [-0.4, -0.2) is 54.7 Å². The van der Waals surface area contributed by atoms with Crippen LogP contribution in [0.2, 0.25) is 5.02 Å². The Bertz CT molecular complexity index is 701. The zero-order valence-electron chi connectivity index (χ0n) is 15.4. The van der Waals surface area contributed by atoms with Crippen LogP contribution in [0, 0.1) is 5.92 Å². The van der Waals surface area contributed by atoms with E-state index in [4.69, 9.17) is 11.6 Å². The van der Waals surface area contributed by atoms with E-state index in [-0.39, 0.29) is 12.0 Å². The van der Waals surface area contributed by atoms with E-state index in [0.717, 1.165) is 31.2 Å². The summed E-state index contributed by atoms with van der Waals surface area (Å²) in [5.41, 5.74) is 0.756. The maximum atomic E-state index is 12.5. The number of hydrogen-bond acceptors (Lipinski definition) is 4. The van der Waals surface area contributed by atoms with E-state index in [0.29, 0.717) is 11.4 Å². The van der Waals surface area contributed by atoms with Crippen LogP contribution in [0.1, 0.15) is 13.8 Å². The Kier molecular flexibility index (Phi) is 7.78. The minimum absolute atomic E-state index is 0.127. The predicted octanol–water partition coefficient (Wildman–Crippen LogP) is 3.98.